The molecule has 0 spiro atoms. The molecule has 1 N–H and O–H groups in total. The smallest absolute Gasteiger partial charge is 0.368 e. The van der Waals surface area contributed by atoms with Gasteiger partial charge in [-0.3, -0.25) is 9.69 Å². The molecule has 43 heavy (non-hydrogen) atoms. The van der Waals surface area contributed by atoms with Crippen LogP contribution in [0.25, 0.3) is 10.6 Å². The summed E-state index contributed by atoms with van der Waals surface area (Å²) in [4.78, 5) is 30.1. The lowest BCUT2D eigenvalue weighted by Crippen LogP contribution is -2.55. The van der Waals surface area contributed by atoms with E-state index in [1.807, 2.05) is 11.0 Å². The molecular formula is C31H35F3N6OS2. The summed E-state index contributed by atoms with van der Waals surface area (Å²) in [5, 5.41) is 3.26. The van der Waals surface area contributed by atoms with Crippen LogP contribution in [0.2, 0.25) is 0 Å². The van der Waals surface area contributed by atoms with Crippen LogP contribution in [0.15, 0.2) is 35.4 Å². The van der Waals surface area contributed by atoms with Crippen molar-refractivity contribution in [2.45, 2.75) is 74.6 Å². The number of likely N-dealkylation sites (N-methyl/N-ethyl adjacent to an activating group) is 1. The highest BCUT2D eigenvalue weighted by atomic mass is 32.2. The van der Waals surface area contributed by atoms with Gasteiger partial charge in [0.2, 0.25) is 5.95 Å². The third kappa shape index (κ3) is 5.73. The molecule has 2 saturated carbocycles. The van der Waals surface area contributed by atoms with Gasteiger partial charge < -0.3 is 15.1 Å². The minimum Gasteiger partial charge on any atom is -0.368 e. The van der Waals surface area contributed by atoms with Crippen molar-refractivity contribution in [2.75, 3.05) is 42.7 Å². The van der Waals surface area contributed by atoms with Crippen molar-refractivity contribution in [3.05, 3.63) is 46.5 Å². The number of hydrogen-bond donors (Lipinski definition) is 1. The van der Waals surface area contributed by atoms with Gasteiger partial charge in [-0.15, -0.1) is 23.1 Å². The Morgan fingerprint density at radius 3 is 2.47 bits per heavy atom. The van der Waals surface area contributed by atoms with E-state index >= 15 is 0 Å². The number of alkyl halides is 3. The number of carbonyl (C=O) groups excluding carboxylic acids is 1. The summed E-state index contributed by atoms with van der Waals surface area (Å²) in [5.41, 5.74) is 2.03. The van der Waals surface area contributed by atoms with E-state index in [0.717, 1.165) is 83.9 Å². The fraction of sp³-hybridized carbons (Fsp3) is 0.516. The monoisotopic (exact) mass is 628 g/mol. The van der Waals surface area contributed by atoms with Crippen molar-refractivity contribution in [1.29, 1.82) is 0 Å². The van der Waals surface area contributed by atoms with Gasteiger partial charge in [-0.25, -0.2) is 9.97 Å². The van der Waals surface area contributed by atoms with Crippen molar-refractivity contribution in [3.63, 3.8) is 0 Å². The van der Waals surface area contributed by atoms with E-state index < -0.39 is 11.7 Å². The summed E-state index contributed by atoms with van der Waals surface area (Å²) in [6, 6.07) is 9.12. The van der Waals surface area contributed by atoms with Crippen LogP contribution in [-0.4, -0.2) is 76.2 Å². The minimum atomic E-state index is -4.63. The molecular weight excluding hydrogens is 594 g/mol. The van der Waals surface area contributed by atoms with E-state index in [1.54, 1.807) is 6.07 Å². The fourth-order valence-electron chi connectivity index (χ4n) is 6.13. The molecule has 2 aromatic heterocycles. The number of nitrogens with zero attached hydrogens (tertiary/aromatic N) is 5. The van der Waals surface area contributed by atoms with Gasteiger partial charge in [0.15, 0.2) is 0 Å². The number of nitrogens with one attached hydrogen (secondary N) is 1. The zero-order chi connectivity index (χ0) is 30.0. The molecule has 0 radical (unpaired) electrons. The zero-order valence-electron chi connectivity index (χ0n) is 24.4. The van der Waals surface area contributed by atoms with Gasteiger partial charge in [-0.2, -0.15) is 13.2 Å². The zero-order valence-corrected chi connectivity index (χ0v) is 26.1. The number of fused-ring (bicyclic) bond motifs is 1. The molecule has 1 aromatic carbocycles. The van der Waals surface area contributed by atoms with Crippen molar-refractivity contribution in [1.82, 2.24) is 19.8 Å². The Bertz CT molecular complexity index is 1540. The Balaban J connectivity index is 1.21. The van der Waals surface area contributed by atoms with Gasteiger partial charge in [-0.05, 0) is 82.3 Å². The van der Waals surface area contributed by atoms with Crippen LogP contribution in [0.5, 0.6) is 0 Å². The summed E-state index contributed by atoms with van der Waals surface area (Å²) in [5.74, 6) is 1.16. The number of thiophene rings is 1. The molecule has 0 unspecified atom stereocenters. The van der Waals surface area contributed by atoms with Crippen LogP contribution in [0.3, 0.4) is 0 Å². The van der Waals surface area contributed by atoms with E-state index in [2.05, 4.69) is 58.1 Å². The normalized spacial score (nSPS) is 23.3. The molecule has 3 fully saturated rings. The lowest BCUT2D eigenvalue weighted by Gasteiger charge is -2.43. The number of benzene rings is 1. The lowest BCUT2D eigenvalue weighted by molar-refractivity contribution is -0.137. The maximum absolute atomic E-state index is 14.2. The highest BCUT2D eigenvalue weighted by Crippen LogP contribution is 2.47. The number of rotatable bonds is 6. The standard InChI is InChI=1S/C31H35F3N6OS2/c1-17-15-39(16-18(2)38(17)3)21-8-9-24(22(12-21)19-4-5-19)36-30-35-14-23(31(32,33)34)27(37-30)25-13-26-28(43-25)29(41)40(10-11-42-26)20-6-7-20/h8-9,12-14,17-20H,4-7,10-11,15-16H2,1-3H3,(H,35,36,37)/t17-,18-/m0/s1. The third-order valence-corrected chi connectivity index (χ3v) is 11.4. The Labute approximate surface area is 257 Å². The topological polar surface area (TPSA) is 64.6 Å². The number of carbonyl (C=O) groups is 1. The van der Waals surface area contributed by atoms with E-state index in [1.165, 1.54) is 11.8 Å². The predicted molar refractivity (Wildman–Crippen MR) is 166 cm³/mol. The van der Waals surface area contributed by atoms with E-state index in [-0.39, 0.29) is 23.6 Å². The Morgan fingerprint density at radius 1 is 1.05 bits per heavy atom. The molecule has 12 heteroatoms. The first-order valence-electron chi connectivity index (χ1n) is 15.0. The minimum absolute atomic E-state index is 0.0852. The number of halogens is 3. The quantitative estimate of drug-likeness (QED) is 0.313. The van der Waals surface area contributed by atoms with Crippen LogP contribution < -0.4 is 10.2 Å². The maximum Gasteiger partial charge on any atom is 0.420 e. The molecule has 1 saturated heterocycles. The Kier molecular flexibility index (Phi) is 7.37. The molecule has 7 nitrogen and oxygen atoms in total. The fourth-order valence-corrected chi connectivity index (χ4v) is 8.45. The van der Waals surface area contributed by atoms with Gasteiger partial charge in [0.1, 0.15) is 10.4 Å². The molecule has 4 aliphatic rings. The van der Waals surface area contributed by atoms with Crippen molar-refractivity contribution in [3.8, 4) is 10.6 Å². The Hall–Kier alpha value is -2.83. The van der Waals surface area contributed by atoms with Crippen LogP contribution in [0, 0.1) is 0 Å². The second-order valence-electron chi connectivity index (χ2n) is 12.3. The van der Waals surface area contributed by atoms with Crippen molar-refractivity contribution < 1.29 is 18.0 Å². The number of thioether (sulfide) groups is 1. The van der Waals surface area contributed by atoms with Crippen LogP contribution in [0.1, 0.15) is 66.2 Å². The SMILES string of the molecule is C[C@H]1CN(c2ccc(Nc3ncc(C(F)(F)F)c(-c4cc5c(s4)C(=O)N(C4CC4)CCS5)n3)c(C3CC3)c2)C[C@H](C)N1C. The molecule has 3 aromatic rings. The average molecular weight is 629 g/mol. The highest BCUT2D eigenvalue weighted by Gasteiger charge is 2.39. The average Bonchev–Trinajstić information content (AvgIpc) is 3.90. The van der Waals surface area contributed by atoms with Crippen molar-refractivity contribution in [2.24, 2.45) is 0 Å². The molecule has 7 rings (SSSR count). The first-order chi connectivity index (χ1) is 20.6. The van der Waals surface area contributed by atoms with Crippen LogP contribution in [0.4, 0.5) is 30.5 Å². The highest BCUT2D eigenvalue weighted by molar-refractivity contribution is 7.99. The number of piperazine rings is 1. The second kappa shape index (κ2) is 11.0. The number of anilines is 3. The van der Waals surface area contributed by atoms with Gasteiger partial charge in [-0.1, -0.05) is 0 Å². The lowest BCUT2D eigenvalue weighted by atomic mass is 10.0. The van der Waals surface area contributed by atoms with E-state index in [4.69, 9.17) is 0 Å². The van der Waals surface area contributed by atoms with E-state index in [0.29, 0.717) is 34.3 Å². The van der Waals surface area contributed by atoms with Gasteiger partial charge >= 0.3 is 6.18 Å². The molecule has 1 amide bonds. The first-order valence-corrected chi connectivity index (χ1v) is 16.8. The van der Waals surface area contributed by atoms with E-state index in [9.17, 15) is 18.0 Å². The number of amides is 1. The first kappa shape index (κ1) is 28.9. The molecule has 2 atom stereocenters. The van der Waals surface area contributed by atoms with Crippen LogP contribution >= 0.6 is 23.1 Å². The van der Waals surface area contributed by atoms with Gasteiger partial charge in [0, 0.05) is 66.0 Å². The molecule has 4 heterocycles. The third-order valence-electron chi connectivity index (χ3n) is 9.08. The van der Waals surface area contributed by atoms with Gasteiger partial charge in [0.05, 0.1) is 10.6 Å². The predicted octanol–water partition coefficient (Wildman–Crippen LogP) is 7.08. The number of aromatic nitrogens is 2. The van der Waals surface area contributed by atoms with Crippen LogP contribution in [-0.2, 0) is 6.18 Å². The number of hydrogen-bond acceptors (Lipinski definition) is 8. The second-order valence-corrected chi connectivity index (χ2v) is 14.5. The molecule has 2 aliphatic carbocycles. The largest absolute Gasteiger partial charge is 0.420 e. The molecule has 2 aliphatic heterocycles. The van der Waals surface area contributed by atoms with Crippen molar-refractivity contribution >= 4 is 46.3 Å². The summed E-state index contributed by atoms with van der Waals surface area (Å²) in [6.07, 6.45) is 0.360. The van der Waals surface area contributed by atoms with Gasteiger partial charge in [0.25, 0.3) is 5.91 Å². The Morgan fingerprint density at radius 2 is 1.79 bits per heavy atom. The summed E-state index contributed by atoms with van der Waals surface area (Å²) < 4.78 is 42.6. The summed E-state index contributed by atoms with van der Waals surface area (Å²) >= 11 is 2.63. The maximum atomic E-state index is 14.2. The molecule has 0 bridgehead atoms. The molecule has 228 valence electrons. The summed E-state index contributed by atoms with van der Waals surface area (Å²) in [6.45, 7) is 7.02. The summed E-state index contributed by atoms with van der Waals surface area (Å²) in [7, 11) is 2.17.